The molecule has 166 valence electrons. The van der Waals surface area contributed by atoms with E-state index in [1.807, 2.05) is 6.92 Å². The minimum absolute atomic E-state index is 0.00630. The van der Waals surface area contributed by atoms with Gasteiger partial charge < -0.3 is 20.1 Å². The van der Waals surface area contributed by atoms with Gasteiger partial charge in [0.2, 0.25) is 5.91 Å². The Kier molecular flexibility index (Phi) is 7.75. The molecule has 0 unspecified atom stereocenters. The topological polar surface area (TPSA) is 76.7 Å². The number of carbonyl (C=O) groups is 2. The highest BCUT2D eigenvalue weighted by molar-refractivity contribution is 6.04. The third-order valence-corrected chi connectivity index (χ3v) is 4.34. The zero-order valence-electron chi connectivity index (χ0n) is 17.3. The lowest BCUT2D eigenvalue weighted by Gasteiger charge is -2.09. The van der Waals surface area contributed by atoms with Crippen molar-refractivity contribution in [3.63, 3.8) is 0 Å². The molecule has 0 saturated heterocycles. The average Bonchev–Trinajstić information content (AvgIpc) is 2.75. The highest BCUT2D eigenvalue weighted by Gasteiger charge is 2.10. The van der Waals surface area contributed by atoms with Crippen LogP contribution in [0.25, 0.3) is 0 Å². The van der Waals surface area contributed by atoms with E-state index in [0.29, 0.717) is 29.1 Å². The first-order valence-electron chi connectivity index (χ1n) is 9.91. The predicted octanol–water partition coefficient (Wildman–Crippen LogP) is 5.12. The number of alkyl halides is 2. The summed E-state index contributed by atoms with van der Waals surface area (Å²) in [7, 11) is 0. The van der Waals surface area contributed by atoms with Gasteiger partial charge in [0.25, 0.3) is 5.91 Å². The zero-order chi connectivity index (χ0) is 22.9. The number of halogens is 2. The van der Waals surface area contributed by atoms with E-state index in [-0.39, 0.29) is 24.0 Å². The Hall–Kier alpha value is -3.94. The van der Waals surface area contributed by atoms with Gasteiger partial charge in [-0.2, -0.15) is 8.78 Å². The van der Waals surface area contributed by atoms with E-state index >= 15 is 0 Å². The van der Waals surface area contributed by atoms with Gasteiger partial charge in [0.05, 0.1) is 13.0 Å². The van der Waals surface area contributed by atoms with Gasteiger partial charge in [0, 0.05) is 16.9 Å². The van der Waals surface area contributed by atoms with Crippen molar-refractivity contribution < 1.29 is 27.8 Å². The number of benzene rings is 3. The summed E-state index contributed by atoms with van der Waals surface area (Å²) in [6, 6.07) is 19.4. The Labute approximate surface area is 184 Å². The van der Waals surface area contributed by atoms with Crippen molar-refractivity contribution in [3.8, 4) is 11.5 Å². The SMILES string of the molecule is CCOc1ccc(NC(=O)c2ccc(NC(=O)Cc3cccc(OC(F)F)c3)cc2)cc1. The molecule has 0 saturated carbocycles. The summed E-state index contributed by atoms with van der Waals surface area (Å²) in [6.45, 7) is -0.469. The first-order valence-corrected chi connectivity index (χ1v) is 9.91. The highest BCUT2D eigenvalue weighted by atomic mass is 19.3. The van der Waals surface area contributed by atoms with E-state index in [1.165, 1.54) is 18.2 Å². The normalized spacial score (nSPS) is 10.5. The van der Waals surface area contributed by atoms with Crippen LogP contribution in [0.4, 0.5) is 20.2 Å². The molecule has 32 heavy (non-hydrogen) atoms. The van der Waals surface area contributed by atoms with Gasteiger partial charge in [-0.25, -0.2) is 0 Å². The molecule has 0 aliphatic rings. The van der Waals surface area contributed by atoms with E-state index in [9.17, 15) is 18.4 Å². The molecule has 0 spiro atoms. The lowest BCUT2D eigenvalue weighted by molar-refractivity contribution is -0.115. The number of anilines is 2. The summed E-state index contributed by atoms with van der Waals surface area (Å²) < 4.78 is 34.4. The lowest BCUT2D eigenvalue weighted by Crippen LogP contribution is -2.15. The predicted molar refractivity (Wildman–Crippen MR) is 117 cm³/mol. The summed E-state index contributed by atoms with van der Waals surface area (Å²) in [5.74, 6) is 0.0979. The monoisotopic (exact) mass is 440 g/mol. The Morgan fingerprint density at radius 1 is 0.875 bits per heavy atom. The van der Waals surface area contributed by atoms with Crippen LogP contribution in [-0.4, -0.2) is 25.0 Å². The molecular formula is C24H22F2N2O4. The van der Waals surface area contributed by atoms with Crippen molar-refractivity contribution in [2.75, 3.05) is 17.2 Å². The van der Waals surface area contributed by atoms with E-state index in [2.05, 4.69) is 15.4 Å². The first kappa shape index (κ1) is 22.7. The molecule has 0 bridgehead atoms. The fourth-order valence-electron chi connectivity index (χ4n) is 2.93. The van der Waals surface area contributed by atoms with Crippen molar-refractivity contribution in [3.05, 3.63) is 83.9 Å². The largest absolute Gasteiger partial charge is 0.494 e. The van der Waals surface area contributed by atoms with Gasteiger partial charge in [0.1, 0.15) is 11.5 Å². The molecule has 0 aromatic heterocycles. The standard InChI is InChI=1S/C24H22F2N2O4/c1-2-31-20-12-10-19(11-13-20)28-23(30)17-6-8-18(9-7-17)27-22(29)15-16-4-3-5-21(14-16)32-24(25)26/h3-14,24H,2,15H2,1H3,(H,27,29)(H,28,30). The van der Waals surface area contributed by atoms with Crippen LogP contribution in [0, 0.1) is 0 Å². The molecule has 0 fully saturated rings. The molecule has 0 aliphatic carbocycles. The van der Waals surface area contributed by atoms with Crippen LogP contribution in [0.2, 0.25) is 0 Å². The van der Waals surface area contributed by atoms with Crippen LogP contribution in [0.3, 0.4) is 0 Å². The molecule has 2 amide bonds. The maximum absolute atomic E-state index is 12.4. The maximum Gasteiger partial charge on any atom is 0.387 e. The quantitative estimate of drug-likeness (QED) is 0.484. The van der Waals surface area contributed by atoms with Gasteiger partial charge in [-0.05, 0) is 73.2 Å². The maximum atomic E-state index is 12.4. The molecule has 0 aliphatic heterocycles. The summed E-state index contributed by atoms with van der Waals surface area (Å²) in [6.07, 6.45) is -0.0135. The molecule has 3 aromatic rings. The summed E-state index contributed by atoms with van der Waals surface area (Å²) in [5, 5.41) is 5.50. The Morgan fingerprint density at radius 2 is 1.53 bits per heavy atom. The summed E-state index contributed by atoms with van der Waals surface area (Å²) >= 11 is 0. The van der Waals surface area contributed by atoms with Crippen molar-refractivity contribution in [1.82, 2.24) is 0 Å². The first-order chi connectivity index (χ1) is 15.4. The number of ether oxygens (including phenoxy) is 2. The molecule has 0 heterocycles. The molecule has 6 nitrogen and oxygen atoms in total. The second-order valence-electron chi connectivity index (χ2n) is 6.74. The number of hydrogen-bond acceptors (Lipinski definition) is 4. The summed E-state index contributed by atoms with van der Waals surface area (Å²) in [5.41, 5.74) is 2.10. The molecule has 8 heteroatoms. The van der Waals surface area contributed by atoms with Crippen molar-refractivity contribution >= 4 is 23.2 Å². The summed E-state index contributed by atoms with van der Waals surface area (Å²) in [4.78, 5) is 24.7. The van der Waals surface area contributed by atoms with Crippen molar-refractivity contribution in [1.29, 1.82) is 0 Å². The molecular weight excluding hydrogens is 418 g/mol. The van der Waals surface area contributed by atoms with E-state index in [1.54, 1.807) is 54.6 Å². The van der Waals surface area contributed by atoms with Gasteiger partial charge in [-0.15, -0.1) is 0 Å². The van der Waals surface area contributed by atoms with Gasteiger partial charge >= 0.3 is 6.61 Å². The van der Waals surface area contributed by atoms with Gasteiger partial charge in [0.15, 0.2) is 0 Å². The number of hydrogen-bond donors (Lipinski definition) is 2. The molecule has 3 aromatic carbocycles. The van der Waals surface area contributed by atoms with Crippen LogP contribution < -0.4 is 20.1 Å². The Bertz CT molecular complexity index is 1050. The molecule has 3 rings (SSSR count). The second kappa shape index (κ2) is 10.9. The van der Waals surface area contributed by atoms with Crippen LogP contribution >= 0.6 is 0 Å². The third-order valence-electron chi connectivity index (χ3n) is 4.34. The zero-order valence-corrected chi connectivity index (χ0v) is 17.3. The third kappa shape index (κ3) is 6.80. The smallest absolute Gasteiger partial charge is 0.387 e. The molecule has 0 radical (unpaired) electrons. The number of nitrogens with one attached hydrogen (secondary N) is 2. The van der Waals surface area contributed by atoms with Gasteiger partial charge in [-0.3, -0.25) is 9.59 Å². The molecule has 0 atom stereocenters. The van der Waals surface area contributed by atoms with E-state index < -0.39 is 6.61 Å². The Morgan fingerprint density at radius 3 is 2.19 bits per heavy atom. The fraction of sp³-hybridized carbons (Fsp3) is 0.167. The number of carbonyl (C=O) groups excluding carboxylic acids is 2. The Balaban J connectivity index is 1.54. The van der Waals surface area contributed by atoms with E-state index in [4.69, 9.17) is 4.74 Å². The fourth-order valence-corrected chi connectivity index (χ4v) is 2.93. The average molecular weight is 440 g/mol. The second-order valence-corrected chi connectivity index (χ2v) is 6.74. The minimum Gasteiger partial charge on any atom is -0.494 e. The minimum atomic E-state index is -2.93. The van der Waals surface area contributed by atoms with Gasteiger partial charge in [-0.1, -0.05) is 12.1 Å². The van der Waals surface area contributed by atoms with Crippen LogP contribution in [0.15, 0.2) is 72.8 Å². The van der Waals surface area contributed by atoms with Crippen LogP contribution in [0.5, 0.6) is 11.5 Å². The van der Waals surface area contributed by atoms with Crippen LogP contribution in [0.1, 0.15) is 22.8 Å². The van der Waals surface area contributed by atoms with Crippen LogP contribution in [-0.2, 0) is 11.2 Å². The highest BCUT2D eigenvalue weighted by Crippen LogP contribution is 2.19. The number of rotatable bonds is 9. The van der Waals surface area contributed by atoms with Crippen molar-refractivity contribution in [2.24, 2.45) is 0 Å². The lowest BCUT2D eigenvalue weighted by atomic mass is 10.1. The van der Waals surface area contributed by atoms with E-state index in [0.717, 1.165) is 5.75 Å². The van der Waals surface area contributed by atoms with Crippen molar-refractivity contribution in [2.45, 2.75) is 20.0 Å². The number of amides is 2. The molecule has 2 N–H and O–H groups in total.